The molecule has 1 fully saturated rings. The number of rotatable bonds is 2. The lowest BCUT2D eigenvalue weighted by molar-refractivity contribution is -0.115. The number of aliphatic imine (C=N–C) groups is 1. The van der Waals surface area contributed by atoms with Crippen molar-refractivity contribution in [1.82, 2.24) is 5.32 Å². The summed E-state index contributed by atoms with van der Waals surface area (Å²) in [7, 11) is 0. The van der Waals surface area contributed by atoms with Crippen LogP contribution >= 0.6 is 23.4 Å². The molecule has 0 unspecified atom stereocenters. The zero-order chi connectivity index (χ0) is 16.4. The van der Waals surface area contributed by atoms with Crippen molar-refractivity contribution in [1.29, 1.82) is 0 Å². The number of hydrogen-bond donors (Lipinski definition) is 1. The second-order valence-electron chi connectivity index (χ2n) is 4.64. The van der Waals surface area contributed by atoms with Gasteiger partial charge in [0, 0.05) is 0 Å². The maximum atomic E-state index is 13.2. The SMILES string of the molecule is O=C1NC(=Nc2ccc(F)c(Cl)c2)S/C1=C\c1cccc(F)c1. The van der Waals surface area contributed by atoms with Crippen LogP contribution in [0.1, 0.15) is 5.56 Å². The van der Waals surface area contributed by atoms with Crippen molar-refractivity contribution in [2.75, 3.05) is 0 Å². The lowest BCUT2D eigenvalue weighted by Crippen LogP contribution is -2.19. The molecule has 0 aromatic heterocycles. The lowest BCUT2D eigenvalue weighted by Gasteiger charge is -1.98. The number of hydrogen-bond acceptors (Lipinski definition) is 3. The third-order valence-corrected chi connectivity index (χ3v) is 4.13. The molecule has 0 radical (unpaired) electrons. The molecular weight excluding hydrogens is 342 g/mol. The van der Waals surface area contributed by atoms with Crippen molar-refractivity contribution in [2.24, 2.45) is 4.99 Å². The first kappa shape index (κ1) is 15.7. The van der Waals surface area contributed by atoms with E-state index in [9.17, 15) is 13.6 Å². The van der Waals surface area contributed by atoms with Crippen LogP contribution in [0.15, 0.2) is 52.4 Å². The Kier molecular flexibility index (Phi) is 4.45. The fraction of sp³-hybridized carbons (Fsp3) is 0. The zero-order valence-corrected chi connectivity index (χ0v) is 13.1. The number of benzene rings is 2. The van der Waals surface area contributed by atoms with Crippen LogP contribution in [0.5, 0.6) is 0 Å². The van der Waals surface area contributed by atoms with Gasteiger partial charge in [0.2, 0.25) is 0 Å². The molecule has 0 spiro atoms. The smallest absolute Gasteiger partial charge is 0.264 e. The van der Waals surface area contributed by atoms with Gasteiger partial charge in [-0.3, -0.25) is 4.79 Å². The largest absolute Gasteiger partial charge is 0.300 e. The van der Waals surface area contributed by atoms with Gasteiger partial charge in [-0.1, -0.05) is 23.7 Å². The monoisotopic (exact) mass is 350 g/mol. The summed E-state index contributed by atoms with van der Waals surface area (Å²) in [6.45, 7) is 0. The summed E-state index contributed by atoms with van der Waals surface area (Å²) in [5.41, 5.74) is 1.000. The highest BCUT2D eigenvalue weighted by molar-refractivity contribution is 8.18. The molecule has 3 rings (SSSR count). The Morgan fingerprint density at radius 1 is 1.17 bits per heavy atom. The van der Waals surface area contributed by atoms with Crippen LogP contribution in [0.2, 0.25) is 5.02 Å². The molecule has 23 heavy (non-hydrogen) atoms. The molecule has 1 aliphatic rings. The summed E-state index contributed by atoms with van der Waals surface area (Å²) in [6.07, 6.45) is 1.57. The summed E-state index contributed by atoms with van der Waals surface area (Å²) in [5.74, 6) is -1.24. The van der Waals surface area contributed by atoms with Crippen LogP contribution in [-0.2, 0) is 4.79 Å². The van der Waals surface area contributed by atoms with Crippen LogP contribution in [-0.4, -0.2) is 11.1 Å². The molecule has 0 bridgehead atoms. The number of nitrogens with one attached hydrogen (secondary N) is 1. The fourth-order valence-corrected chi connectivity index (χ4v) is 2.92. The molecule has 1 amide bonds. The van der Waals surface area contributed by atoms with Gasteiger partial charge in [0.25, 0.3) is 5.91 Å². The van der Waals surface area contributed by atoms with Gasteiger partial charge in [-0.2, -0.15) is 0 Å². The summed E-state index contributed by atoms with van der Waals surface area (Å²) in [6, 6.07) is 9.94. The van der Waals surface area contributed by atoms with E-state index in [-0.39, 0.29) is 16.7 Å². The standard InChI is InChI=1S/C16H9ClF2N2OS/c17-12-8-11(4-5-13(12)19)20-16-21-15(22)14(23-16)7-9-2-1-3-10(18)6-9/h1-8H,(H,20,21,22)/b14-7-. The molecule has 116 valence electrons. The summed E-state index contributed by atoms with van der Waals surface area (Å²) in [4.78, 5) is 16.5. The minimum Gasteiger partial charge on any atom is -0.300 e. The number of amides is 1. The van der Waals surface area contributed by atoms with E-state index in [1.165, 1.54) is 30.3 Å². The van der Waals surface area contributed by atoms with Crippen LogP contribution in [0.4, 0.5) is 14.5 Å². The maximum Gasteiger partial charge on any atom is 0.264 e. The first-order chi connectivity index (χ1) is 11.0. The zero-order valence-electron chi connectivity index (χ0n) is 11.5. The number of halogens is 3. The highest BCUT2D eigenvalue weighted by atomic mass is 35.5. The van der Waals surface area contributed by atoms with E-state index in [0.29, 0.717) is 21.3 Å². The average Bonchev–Trinajstić information content (AvgIpc) is 2.83. The Bertz CT molecular complexity index is 852. The van der Waals surface area contributed by atoms with E-state index in [4.69, 9.17) is 11.6 Å². The molecule has 0 aliphatic carbocycles. The van der Waals surface area contributed by atoms with Gasteiger partial charge in [-0.05, 0) is 53.7 Å². The number of nitrogens with zero attached hydrogens (tertiary/aromatic N) is 1. The Balaban J connectivity index is 1.84. The third-order valence-electron chi connectivity index (χ3n) is 2.93. The van der Waals surface area contributed by atoms with Gasteiger partial charge in [-0.25, -0.2) is 13.8 Å². The molecule has 1 N–H and O–H groups in total. The van der Waals surface area contributed by atoms with Crippen molar-refractivity contribution < 1.29 is 13.6 Å². The Hall–Kier alpha value is -2.18. The van der Waals surface area contributed by atoms with Gasteiger partial charge >= 0.3 is 0 Å². The molecule has 1 saturated heterocycles. The second-order valence-corrected chi connectivity index (χ2v) is 6.07. The average molecular weight is 351 g/mol. The normalized spacial score (nSPS) is 17.8. The van der Waals surface area contributed by atoms with Crippen molar-refractivity contribution >= 4 is 46.2 Å². The Labute approximate surface area is 140 Å². The molecule has 3 nitrogen and oxygen atoms in total. The number of thioether (sulfide) groups is 1. The van der Waals surface area contributed by atoms with Crippen LogP contribution in [0.3, 0.4) is 0 Å². The molecule has 2 aromatic carbocycles. The van der Waals surface area contributed by atoms with Gasteiger partial charge in [0.1, 0.15) is 11.6 Å². The lowest BCUT2D eigenvalue weighted by atomic mass is 10.2. The van der Waals surface area contributed by atoms with E-state index in [1.807, 2.05) is 0 Å². The molecule has 1 aliphatic heterocycles. The molecule has 2 aromatic rings. The van der Waals surface area contributed by atoms with Crippen molar-refractivity contribution in [3.05, 3.63) is 69.6 Å². The molecule has 7 heteroatoms. The van der Waals surface area contributed by atoms with Crippen molar-refractivity contribution in [2.45, 2.75) is 0 Å². The number of amidine groups is 1. The van der Waals surface area contributed by atoms with Crippen LogP contribution in [0.25, 0.3) is 6.08 Å². The van der Waals surface area contributed by atoms with Crippen molar-refractivity contribution in [3.8, 4) is 0 Å². The fourth-order valence-electron chi connectivity index (χ4n) is 1.90. The molecule has 0 atom stereocenters. The minimum absolute atomic E-state index is 0.0447. The third kappa shape index (κ3) is 3.78. The molecular formula is C16H9ClF2N2OS. The van der Waals surface area contributed by atoms with E-state index in [1.54, 1.807) is 18.2 Å². The Morgan fingerprint density at radius 2 is 2.00 bits per heavy atom. The highest BCUT2D eigenvalue weighted by Crippen LogP contribution is 2.29. The summed E-state index contributed by atoms with van der Waals surface area (Å²) >= 11 is 6.81. The molecule has 1 heterocycles. The topological polar surface area (TPSA) is 41.5 Å². The Morgan fingerprint density at radius 3 is 2.74 bits per heavy atom. The molecule has 0 saturated carbocycles. The van der Waals surface area contributed by atoms with E-state index in [2.05, 4.69) is 10.3 Å². The quantitative estimate of drug-likeness (QED) is 0.810. The van der Waals surface area contributed by atoms with Gasteiger partial charge < -0.3 is 5.32 Å². The summed E-state index contributed by atoms with van der Waals surface area (Å²) < 4.78 is 26.3. The van der Waals surface area contributed by atoms with E-state index >= 15 is 0 Å². The van der Waals surface area contributed by atoms with Gasteiger partial charge in [0.05, 0.1) is 15.6 Å². The van der Waals surface area contributed by atoms with Gasteiger partial charge in [0.15, 0.2) is 5.17 Å². The second kappa shape index (κ2) is 6.52. The van der Waals surface area contributed by atoms with E-state index in [0.717, 1.165) is 11.8 Å². The number of carbonyl (C=O) groups excluding carboxylic acids is 1. The first-order valence-electron chi connectivity index (χ1n) is 6.51. The van der Waals surface area contributed by atoms with Gasteiger partial charge in [-0.15, -0.1) is 0 Å². The maximum absolute atomic E-state index is 13.2. The highest BCUT2D eigenvalue weighted by Gasteiger charge is 2.23. The van der Waals surface area contributed by atoms with E-state index < -0.39 is 5.82 Å². The predicted octanol–water partition coefficient (Wildman–Crippen LogP) is 4.51. The number of carbonyl (C=O) groups is 1. The van der Waals surface area contributed by atoms with Crippen molar-refractivity contribution in [3.63, 3.8) is 0 Å². The van der Waals surface area contributed by atoms with Crippen LogP contribution in [0, 0.1) is 11.6 Å². The predicted molar refractivity (Wildman–Crippen MR) is 88.6 cm³/mol. The minimum atomic E-state index is -0.537. The first-order valence-corrected chi connectivity index (χ1v) is 7.71. The van der Waals surface area contributed by atoms with Crippen LogP contribution < -0.4 is 5.32 Å². The summed E-state index contributed by atoms with van der Waals surface area (Å²) in [5, 5.41) is 2.90.